The molecule has 0 saturated heterocycles. The minimum Gasteiger partial charge on any atom is -0.309 e. The van der Waals surface area contributed by atoms with Crippen molar-refractivity contribution in [3.8, 4) is 11.1 Å². The second-order valence-electron chi connectivity index (χ2n) is 5.51. The van der Waals surface area contributed by atoms with Crippen LogP contribution in [0, 0.1) is 6.92 Å². The predicted molar refractivity (Wildman–Crippen MR) is 97.2 cm³/mol. The molecule has 130 valence electrons. The van der Waals surface area contributed by atoms with Crippen LogP contribution >= 0.6 is 15.9 Å². The van der Waals surface area contributed by atoms with Crippen molar-refractivity contribution in [3.05, 3.63) is 34.4 Å². The van der Waals surface area contributed by atoms with E-state index in [1.165, 1.54) is 7.05 Å². The summed E-state index contributed by atoms with van der Waals surface area (Å²) in [6, 6.07) is 7.66. The summed E-state index contributed by atoms with van der Waals surface area (Å²) < 4.78 is 26.4. The third-order valence-corrected chi connectivity index (χ3v) is 5.34. The average Bonchev–Trinajstić information content (AvgIpc) is 2.73. The molecule has 0 radical (unpaired) electrons. The first-order valence-corrected chi connectivity index (χ1v) is 9.74. The standard InChI is InChI=1S/C15H19BrN4O3S/c1-10-14(11-5-7-12(16)8-6-11)15(20(3)18-10)17-13(21)9-19(2)24(4,22)23/h5-8H,9H2,1-4H3,(H,17,21). The first-order valence-electron chi connectivity index (χ1n) is 7.10. The summed E-state index contributed by atoms with van der Waals surface area (Å²) in [5.74, 6) is 0.103. The van der Waals surface area contributed by atoms with Gasteiger partial charge in [-0.05, 0) is 24.6 Å². The van der Waals surface area contributed by atoms with Gasteiger partial charge in [-0.1, -0.05) is 28.1 Å². The molecule has 0 fully saturated rings. The topological polar surface area (TPSA) is 84.3 Å². The fourth-order valence-electron chi connectivity index (χ4n) is 2.25. The third-order valence-electron chi connectivity index (χ3n) is 3.55. The van der Waals surface area contributed by atoms with Crippen LogP contribution in [0.25, 0.3) is 11.1 Å². The van der Waals surface area contributed by atoms with Gasteiger partial charge < -0.3 is 5.32 Å². The van der Waals surface area contributed by atoms with Crippen LogP contribution in [0.4, 0.5) is 5.82 Å². The fourth-order valence-corrected chi connectivity index (χ4v) is 2.87. The molecule has 24 heavy (non-hydrogen) atoms. The Balaban J connectivity index is 2.31. The molecular weight excluding hydrogens is 396 g/mol. The Kier molecular flexibility index (Phi) is 5.46. The fraction of sp³-hybridized carbons (Fsp3) is 0.333. The Bertz CT molecular complexity index is 860. The van der Waals surface area contributed by atoms with E-state index in [2.05, 4.69) is 26.3 Å². The summed E-state index contributed by atoms with van der Waals surface area (Å²) in [6.45, 7) is 1.60. The summed E-state index contributed by atoms with van der Waals surface area (Å²) in [4.78, 5) is 12.2. The first kappa shape index (κ1) is 18.6. The predicted octanol–water partition coefficient (Wildman–Crippen LogP) is 1.99. The number of rotatable bonds is 5. The zero-order valence-corrected chi connectivity index (χ0v) is 16.3. The van der Waals surface area contributed by atoms with Gasteiger partial charge in [0.1, 0.15) is 5.82 Å². The second-order valence-corrected chi connectivity index (χ2v) is 8.51. The van der Waals surface area contributed by atoms with Gasteiger partial charge in [-0.3, -0.25) is 9.48 Å². The molecule has 9 heteroatoms. The van der Waals surface area contributed by atoms with Gasteiger partial charge in [0.25, 0.3) is 0 Å². The molecular formula is C15H19BrN4O3S. The van der Waals surface area contributed by atoms with Gasteiger partial charge in [0.2, 0.25) is 15.9 Å². The van der Waals surface area contributed by atoms with Crippen LogP contribution in [0.3, 0.4) is 0 Å². The van der Waals surface area contributed by atoms with Crippen molar-refractivity contribution < 1.29 is 13.2 Å². The SMILES string of the molecule is Cc1nn(C)c(NC(=O)CN(C)S(C)(=O)=O)c1-c1ccc(Br)cc1. The van der Waals surface area contributed by atoms with E-state index in [9.17, 15) is 13.2 Å². The minimum atomic E-state index is -3.42. The summed E-state index contributed by atoms with van der Waals surface area (Å²) in [7, 11) is -0.330. The lowest BCUT2D eigenvalue weighted by Crippen LogP contribution is -2.34. The van der Waals surface area contributed by atoms with Crippen molar-refractivity contribution in [3.63, 3.8) is 0 Å². The van der Waals surface area contributed by atoms with Crippen molar-refractivity contribution in [1.29, 1.82) is 0 Å². The highest BCUT2D eigenvalue weighted by atomic mass is 79.9. The number of aryl methyl sites for hydroxylation is 2. The maximum Gasteiger partial charge on any atom is 0.240 e. The van der Waals surface area contributed by atoms with Crippen LogP contribution in [0.5, 0.6) is 0 Å². The van der Waals surface area contributed by atoms with Crippen LogP contribution in [0.1, 0.15) is 5.69 Å². The molecule has 0 saturated carbocycles. The molecule has 7 nitrogen and oxygen atoms in total. The smallest absolute Gasteiger partial charge is 0.240 e. The molecule has 1 N–H and O–H groups in total. The number of hydrogen-bond donors (Lipinski definition) is 1. The van der Waals surface area contributed by atoms with E-state index in [0.717, 1.165) is 31.9 Å². The zero-order valence-electron chi connectivity index (χ0n) is 13.9. The van der Waals surface area contributed by atoms with Crippen LogP contribution in [0.15, 0.2) is 28.7 Å². The molecule has 1 aromatic carbocycles. The lowest BCUT2D eigenvalue weighted by Gasteiger charge is -2.14. The number of halogens is 1. The maximum absolute atomic E-state index is 12.2. The van der Waals surface area contributed by atoms with Crippen LogP contribution in [0.2, 0.25) is 0 Å². The Labute approximate surface area is 149 Å². The Hall–Kier alpha value is -1.71. The lowest BCUT2D eigenvalue weighted by molar-refractivity contribution is -0.116. The molecule has 0 unspecified atom stereocenters. The largest absolute Gasteiger partial charge is 0.309 e. The van der Waals surface area contributed by atoms with E-state index in [1.54, 1.807) is 11.7 Å². The number of amides is 1. The van der Waals surface area contributed by atoms with E-state index in [-0.39, 0.29) is 6.54 Å². The number of nitrogens with one attached hydrogen (secondary N) is 1. The molecule has 1 amide bonds. The second kappa shape index (κ2) is 7.04. The number of aromatic nitrogens is 2. The van der Waals surface area contributed by atoms with E-state index >= 15 is 0 Å². The van der Waals surface area contributed by atoms with E-state index in [4.69, 9.17) is 0 Å². The average molecular weight is 415 g/mol. The lowest BCUT2D eigenvalue weighted by atomic mass is 10.1. The van der Waals surface area contributed by atoms with Crippen molar-refractivity contribution in [1.82, 2.24) is 14.1 Å². The normalized spacial score (nSPS) is 11.8. The molecule has 0 atom stereocenters. The number of carbonyl (C=O) groups is 1. The number of nitrogens with zero attached hydrogens (tertiary/aromatic N) is 3. The zero-order chi connectivity index (χ0) is 18.1. The molecule has 0 aliphatic heterocycles. The quantitative estimate of drug-likeness (QED) is 0.810. The Morgan fingerprint density at radius 1 is 1.33 bits per heavy atom. The monoisotopic (exact) mass is 414 g/mol. The highest BCUT2D eigenvalue weighted by Gasteiger charge is 2.20. The van der Waals surface area contributed by atoms with Gasteiger partial charge in [-0.2, -0.15) is 9.40 Å². The Morgan fingerprint density at radius 2 is 1.92 bits per heavy atom. The van der Waals surface area contributed by atoms with Crippen LogP contribution in [-0.4, -0.2) is 48.3 Å². The highest BCUT2D eigenvalue weighted by Crippen LogP contribution is 2.31. The first-order chi connectivity index (χ1) is 11.1. The minimum absolute atomic E-state index is 0.261. The summed E-state index contributed by atoms with van der Waals surface area (Å²) in [5, 5.41) is 7.11. The summed E-state index contributed by atoms with van der Waals surface area (Å²) >= 11 is 3.39. The number of hydrogen-bond acceptors (Lipinski definition) is 4. The number of sulfonamides is 1. The number of likely N-dealkylation sites (N-methyl/N-ethyl adjacent to an activating group) is 1. The highest BCUT2D eigenvalue weighted by molar-refractivity contribution is 9.10. The van der Waals surface area contributed by atoms with Gasteiger partial charge in [0.05, 0.1) is 18.5 Å². The van der Waals surface area contributed by atoms with E-state index in [1.807, 2.05) is 31.2 Å². The van der Waals surface area contributed by atoms with Crippen molar-refractivity contribution in [2.24, 2.45) is 7.05 Å². The van der Waals surface area contributed by atoms with Gasteiger partial charge >= 0.3 is 0 Å². The molecule has 1 aromatic heterocycles. The van der Waals surface area contributed by atoms with Gasteiger partial charge in [0, 0.05) is 24.1 Å². The molecule has 2 aromatic rings. The van der Waals surface area contributed by atoms with Crippen LogP contribution in [-0.2, 0) is 21.9 Å². The maximum atomic E-state index is 12.2. The van der Waals surface area contributed by atoms with Gasteiger partial charge in [-0.25, -0.2) is 8.42 Å². The van der Waals surface area contributed by atoms with Crippen molar-refractivity contribution in [2.75, 3.05) is 25.2 Å². The molecule has 2 rings (SSSR count). The van der Waals surface area contributed by atoms with Crippen LogP contribution < -0.4 is 5.32 Å². The summed E-state index contributed by atoms with van der Waals surface area (Å²) in [6.07, 6.45) is 1.06. The molecule has 0 aliphatic rings. The van der Waals surface area contributed by atoms with Gasteiger partial charge in [0.15, 0.2) is 0 Å². The van der Waals surface area contributed by atoms with Crippen molar-refractivity contribution >= 4 is 37.7 Å². The number of benzene rings is 1. The summed E-state index contributed by atoms with van der Waals surface area (Å²) in [5.41, 5.74) is 2.49. The molecule has 0 spiro atoms. The van der Waals surface area contributed by atoms with E-state index < -0.39 is 15.9 Å². The molecule has 0 aliphatic carbocycles. The molecule has 0 bridgehead atoms. The number of carbonyl (C=O) groups excluding carboxylic acids is 1. The Morgan fingerprint density at radius 3 is 2.46 bits per heavy atom. The van der Waals surface area contributed by atoms with Gasteiger partial charge in [-0.15, -0.1) is 0 Å². The molecule has 1 heterocycles. The number of anilines is 1. The van der Waals surface area contributed by atoms with E-state index in [0.29, 0.717) is 5.82 Å². The van der Waals surface area contributed by atoms with Crippen molar-refractivity contribution in [2.45, 2.75) is 6.92 Å². The third kappa shape index (κ3) is 4.22.